The molecular weight excluding hydrogens is 386 g/mol. The monoisotopic (exact) mass is 405 g/mol. The average Bonchev–Trinajstić information content (AvgIpc) is 3.16. The van der Waals surface area contributed by atoms with Crippen LogP contribution >= 0.6 is 0 Å². The van der Waals surface area contributed by atoms with Crippen molar-refractivity contribution in [3.8, 4) is 0 Å². The summed E-state index contributed by atoms with van der Waals surface area (Å²) in [5, 5.41) is 10.8. The van der Waals surface area contributed by atoms with Gasteiger partial charge in [-0.1, -0.05) is 24.3 Å². The lowest BCUT2D eigenvalue weighted by Gasteiger charge is -2.17. The van der Waals surface area contributed by atoms with Gasteiger partial charge in [0.05, 0.1) is 23.2 Å². The summed E-state index contributed by atoms with van der Waals surface area (Å²) in [4.78, 5) is 40.7. The molecule has 0 aliphatic heterocycles. The van der Waals surface area contributed by atoms with Crippen molar-refractivity contribution in [3.05, 3.63) is 71.8 Å². The van der Waals surface area contributed by atoms with E-state index >= 15 is 0 Å². The third-order valence-electron chi connectivity index (χ3n) is 4.47. The number of pyridine rings is 1. The van der Waals surface area contributed by atoms with Crippen LogP contribution in [0.3, 0.4) is 0 Å². The molecule has 9 heteroatoms. The van der Waals surface area contributed by atoms with Crippen molar-refractivity contribution in [2.45, 2.75) is 12.5 Å². The van der Waals surface area contributed by atoms with Crippen LogP contribution in [0.15, 0.2) is 64.9 Å². The van der Waals surface area contributed by atoms with Gasteiger partial charge in [-0.25, -0.2) is 0 Å². The van der Waals surface area contributed by atoms with Crippen molar-refractivity contribution in [2.24, 2.45) is 11.5 Å². The van der Waals surface area contributed by atoms with Crippen molar-refractivity contribution in [1.82, 2.24) is 10.3 Å². The van der Waals surface area contributed by atoms with Crippen LogP contribution in [0, 0.1) is 5.41 Å². The zero-order valence-corrected chi connectivity index (χ0v) is 15.8. The number of hydrogen-bond acceptors (Lipinski definition) is 7. The highest BCUT2D eigenvalue weighted by Gasteiger charge is 2.28. The first kappa shape index (κ1) is 20.5. The normalized spacial score (nSPS) is 12.7. The van der Waals surface area contributed by atoms with Gasteiger partial charge >= 0.3 is 0 Å². The Morgan fingerprint density at radius 3 is 2.53 bits per heavy atom. The second kappa shape index (κ2) is 8.82. The first-order chi connectivity index (χ1) is 14.4. The number of rotatable bonds is 8. The van der Waals surface area contributed by atoms with Crippen LogP contribution < -0.4 is 16.8 Å². The number of carbonyl (C=O) groups is 3. The number of Topliss-reactive ketones (excluding diaryl/α,β-unsaturated/α-hetero) is 1. The number of ketones is 1. The lowest BCUT2D eigenvalue weighted by molar-refractivity contribution is -0.138. The van der Waals surface area contributed by atoms with Crippen molar-refractivity contribution in [2.75, 3.05) is 0 Å². The second-order valence-corrected chi connectivity index (χ2v) is 6.40. The van der Waals surface area contributed by atoms with Crippen LogP contribution in [0.25, 0.3) is 16.7 Å². The summed E-state index contributed by atoms with van der Waals surface area (Å²) in [6.07, 6.45) is 3.68. The van der Waals surface area contributed by atoms with E-state index in [1.165, 1.54) is 12.5 Å². The SMILES string of the molecule is N=CC(C(=O)NC(Cc1coc2ccccc12)C(=O)C(N)=O)=C(N)c1ccccn1. The molecule has 30 heavy (non-hydrogen) atoms. The number of nitrogens with one attached hydrogen (secondary N) is 2. The molecule has 152 valence electrons. The molecule has 0 radical (unpaired) electrons. The summed E-state index contributed by atoms with van der Waals surface area (Å²) in [5.74, 6) is -2.97. The van der Waals surface area contributed by atoms with Crippen molar-refractivity contribution >= 4 is 40.5 Å². The minimum Gasteiger partial charge on any atom is -0.464 e. The summed E-state index contributed by atoms with van der Waals surface area (Å²) < 4.78 is 5.45. The maximum Gasteiger partial charge on any atom is 0.287 e. The Bertz CT molecular complexity index is 1150. The summed E-state index contributed by atoms with van der Waals surface area (Å²) >= 11 is 0. The Morgan fingerprint density at radius 1 is 1.13 bits per heavy atom. The molecule has 3 aromatic rings. The van der Waals surface area contributed by atoms with Crippen LogP contribution in [0.1, 0.15) is 11.3 Å². The summed E-state index contributed by atoms with van der Waals surface area (Å²) in [6, 6.07) is 10.8. The molecule has 0 saturated carbocycles. The smallest absolute Gasteiger partial charge is 0.287 e. The molecule has 0 fully saturated rings. The molecule has 0 spiro atoms. The molecule has 2 aromatic heterocycles. The van der Waals surface area contributed by atoms with E-state index in [-0.39, 0.29) is 17.7 Å². The Morgan fingerprint density at radius 2 is 1.87 bits per heavy atom. The first-order valence-corrected chi connectivity index (χ1v) is 8.93. The predicted molar refractivity (Wildman–Crippen MR) is 110 cm³/mol. The van der Waals surface area contributed by atoms with Crippen LogP contribution in [0.4, 0.5) is 0 Å². The number of para-hydroxylation sites is 1. The molecule has 1 unspecified atom stereocenters. The number of aromatic nitrogens is 1. The van der Waals surface area contributed by atoms with Gasteiger partial charge < -0.3 is 26.6 Å². The molecule has 1 atom stereocenters. The van der Waals surface area contributed by atoms with E-state index in [2.05, 4.69) is 10.3 Å². The largest absolute Gasteiger partial charge is 0.464 e. The summed E-state index contributed by atoms with van der Waals surface area (Å²) in [7, 11) is 0. The fourth-order valence-corrected chi connectivity index (χ4v) is 2.95. The average molecular weight is 405 g/mol. The molecule has 6 N–H and O–H groups in total. The third-order valence-corrected chi connectivity index (χ3v) is 4.47. The molecule has 2 amide bonds. The fourth-order valence-electron chi connectivity index (χ4n) is 2.95. The van der Waals surface area contributed by atoms with E-state index in [9.17, 15) is 14.4 Å². The molecule has 2 heterocycles. The minimum atomic E-state index is -1.26. The quantitative estimate of drug-likeness (QED) is 0.247. The number of carbonyl (C=O) groups excluding carboxylic acids is 3. The van der Waals surface area contributed by atoms with Gasteiger partial charge in [-0.3, -0.25) is 19.4 Å². The highest BCUT2D eigenvalue weighted by atomic mass is 16.3. The van der Waals surface area contributed by atoms with Gasteiger partial charge in [0.15, 0.2) is 0 Å². The third kappa shape index (κ3) is 4.25. The maximum atomic E-state index is 12.8. The van der Waals surface area contributed by atoms with E-state index in [4.69, 9.17) is 21.3 Å². The number of nitrogens with zero attached hydrogens (tertiary/aromatic N) is 1. The predicted octanol–water partition coefficient (Wildman–Crippen LogP) is 0.929. The Kier molecular flexibility index (Phi) is 6.02. The molecule has 0 bridgehead atoms. The zero-order chi connectivity index (χ0) is 21.7. The summed E-state index contributed by atoms with van der Waals surface area (Å²) in [6.45, 7) is 0. The number of nitrogens with two attached hydrogens (primary N) is 2. The van der Waals surface area contributed by atoms with E-state index < -0.39 is 23.6 Å². The maximum absolute atomic E-state index is 12.8. The van der Waals surface area contributed by atoms with E-state index in [0.717, 1.165) is 11.6 Å². The van der Waals surface area contributed by atoms with Crippen LogP contribution in [0.2, 0.25) is 0 Å². The van der Waals surface area contributed by atoms with Crippen LogP contribution in [-0.2, 0) is 20.8 Å². The number of fused-ring (bicyclic) bond motifs is 1. The van der Waals surface area contributed by atoms with Gasteiger partial charge in [-0.2, -0.15) is 0 Å². The highest BCUT2D eigenvalue weighted by Crippen LogP contribution is 2.22. The van der Waals surface area contributed by atoms with Crippen LogP contribution in [-0.4, -0.2) is 34.8 Å². The van der Waals surface area contributed by atoms with Crippen LogP contribution in [0.5, 0.6) is 0 Å². The number of benzene rings is 1. The highest BCUT2D eigenvalue weighted by molar-refractivity contribution is 6.38. The van der Waals surface area contributed by atoms with E-state index in [1.807, 2.05) is 0 Å². The van der Waals surface area contributed by atoms with E-state index in [0.29, 0.717) is 16.8 Å². The van der Waals surface area contributed by atoms with Gasteiger partial charge in [-0.05, 0) is 18.2 Å². The lowest BCUT2D eigenvalue weighted by Crippen LogP contribution is -2.48. The number of amides is 2. The molecule has 0 aliphatic rings. The molecule has 0 aliphatic carbocycles. The van der Waals surface area contributed by atoms with Gasteiger partial charge in [0, 0.05) is 29.8 Å². The minimum absolute atomic E-state index is 0.0285. The Labute approximate surface area is 171 Å². The second-order valence-electron chi connectivity index (χ2n) is 6.40. The van der Waals surface area contributed by atoms with Gasteiger partial charge in [0.1, 0.15) is 11.6 Å². The van der Waals surface area contributed by atoms with Gasteiger partial charge in [-0.15, -0.1) is 0 Å². The Hall–Kier alpha value is -4.27. The van der Waals surface area contributed by atoms with Crippen molar-refractivity contribution in [3.63, 3.8) is 0 Å². The van der Waals surface area contributed by atoms with Crippen molar-refractivity contribution < 1.29 is 18.8 Å². The standard InChI is InChI=1S/C21H19N5O4/c22-10-14(18(23)15-6-3-4-8-25-15)21(29)26-16(19(27)20(24)28)9-12-11-30-17-7-2-1-5-13(12)17/h1-8,10-11,16,22H,9,23H2,(H2,24,28)(H,26,29). The molecule has 1 aromatic carbocycles. The summed E-state index contributed by atoms with van der Waals surface area (Å²) in [5.41, 5.74) is 12.4. The molecular formula is C21H19N5O4. The topological polar surface area (TPSA) is 165 Å². The molecule has 3 rings (SSSR count). The molecule has 9 nitrogen and oxygen atoms in total. The Balaban J connectivity index is 1.91. The number of primary amides is 1. The zero-order valence-electron chi connectivity index (χ0n) is 15.8. The first-order valence-electron chi connectivity index (χ1n) is 8.93. The van der Waals surface area contributed by atoms with Gasteiger partial charge in [0.2, 0.25) is 5.78 Å². The fraction of sp³-hybridized carbons (Fsp3) is 0.0952. The van der Waals surface area contributed by atoms with E-state index in [1.54, 1.807) is 42.5 Å². The van der Waals surface area contributed by atoms with Gasteiger partial charge in [0.25, 0.3) is 11.8 Å². The number of hydrogen-bond donors (Lipinski definition) is 4. The number of furan rings is 1. The molecule has 0 saturated heterocycles. The van der Waals surface area contributed by atoms with Crippen molar-refractivity contribution in [1.29, 1.82) is 5.41 Å². The lowest BCUT2D eigenvalue weighted by atomic mass is 10.0.